The van der Waals surface area contributed by atoms with Crippen molar-refractivity contribution in [2.45, 2.75) is 25.3 Å². The highest BCUT2D eigenvalue weighted by atomic mass is 15.2. The van der Waals surface area contributed by atoms with Crippen molar-refractivity contribution in [3.63, 3.8) is 0 Å². The first-order chi connectivity index (χ1) is 5.33. The highest BCUT2D eigenvalue weighted by Crippen LogP contribution is 2.80. The molecular weight excluding hydrogens is 134 g/mol. The van der Waals surface area contributed by atoms with Crippen molar-refractivity contribution < 1.29 is 0 Å². The van der Waals surface area contributed by atoms with Crippen molar-refractivity contribution in [2.75, 3.05) is 13.6 Å². The van der Waals surface area contributed by atoms with E-state index in [1.54, 1.807) is 19.3 Å². The van der Waals surface area contributed by atoms with E-state index in [2.05, 4.69) is 11.9 Å². The van der Waals surface area contributed by atoms with Crippen molar-refractivity contribution in [3.8, 4) is 0 Å². The Hall–Kier alpha value is -0.0400. The summed E-state index contributed by atoms with van der Waals surface area (Å²) >= 11 is 0. The second kappa shape index (κ2) is 1.28. The Morgan fingerprint density at radius 2 is 2.27 bits per heavy atom. The standard InChI is InChI=1S/C10H15N/c1-11-5-6-8-4-10(8)3-2-7(10)9(6)11/h6-9H,2-5H2,1H3. The summed E-state index contributed by atoms with van der Waals surface area (Å²) in [7, 11) is 2.32. The summed E-state index contributed by atoms with van der Waals surface area (Å²) in [5, 5.41) is 0. The fourth-order valence-corrected chi connectivity index (χ4v) is 4.56. The molecule has 0 aromatic rings. The van der Waals surface area contributed by atoms with E-state index in [9.17, 15) is 0 Å². The first kappa shape index (κ1) is 5.58. The van der Waals surface area contributed by atoms with Crippen LogP contribution in [0.4, 0.5) is 0 Å². The molecule has 1 saturated heterocycles. The first-order valence-electron chi connectivity index (χ1n) is 5.03. The summed E-state index contributed by atoms with van der Waals surface area (Å²) in [6.07, 6.45) is 4.76. The summed E-state index contributed by atoms with van der Waals surface area (Å²) in [5.41, 5.74) is 0.945. The van der Waals surface area contributed by atoms with E-state index in [4.69, 9.17) is 0 Å². The maximum atomic E-state index is 2.60. The third-order valence-corrected chi connectivity index (χ3v) is 5.21. The summed E-state index contributed by atoms with van der Waals surface area (Å²) in [4.78, 5) is 2.60. The van der Waals surface area contributed by atoms with Gasteiger partial charge < -0.3 is 4.90 Å². The Morgan fingerprint density at radius 3 is 2.82 bits per heavy atom. The molecule has 0 aromatic heterocycles. The van der Waals surface area contributed by atoms with E-state index in [0.29, 0.717) is 0 Å². The third kappa shape index (κ3) is 0.376. The second-order valence-corrected chi connectivity index (χ2v) is 5.28. The molecule has 5 atom stereocenters. The molecule has 0 N–H and O–H groups in total. The Labute approximate surface area is 67.8 Å². The lowest BCUT2D eigenvalue weighted by atomic mass is 9.67. The summed E-state index contributed by atoms with van der Waals surface area (Å²) in [6.45, 7) is 1.42. The van der Waals surface area contributed by atoms with Gasteiger partial charge in [0.2, 0.25) is 0 Å². The molecule has 1 aliphatic heterocycles. The zero-order valence-electron chi connectivity index (χ0n) is 7.09. The van der Waals surface area contributed by atoms with Gasteiger partial charge in [-0.15, -0.1) is 0 Å². The molecule has 60 valence electrons. The van der Waals surface area contributed by atoms with Gasteiger partial charge in [0.1, 0.15) is 0 Å². The van der Waals surface area contributed by atoms with Gasteiger partial charge in [-0.1, -0.05) is 0 Å². The van der Waals surface area contributed by atoms with Crippen LogP contribution in [-0.2, 0) is 0 Å². The summed E-state index contributed by atoms with van der Waals surface area (Å²) < 4.78 is 0. The van der Waals surface area contributed by atoms with Gasteiger partial charge in [-0.3, -0.25) is 0 Å². The predicted molar refractivity (Wildman–Crippen MR) is 43.2 cm³/mol. The molecule has 4 aliphatic rings. The molecule has 1 heteroatoms. The van der Waals surface area contributed by atoms with Crippen LogP contribution in [0.25, 0.3) is 0 Å². The van der Waals surface area contributed by atoms with Crippen LogP contribution in [0.1, 0.15) is 19.3 Å². The van der Waals surface area contributed by atoms with Crippen molar-refractivity contribution >= 4 is 0 Å². The Bertz CT molecular complexity index is 237. The molecule has 0 radical (unpaired) electrons. The fourth-order valence-electron chi connectivity index (χ4n) is 4.56. The average Bonchev–Trinajstić information content (AvgIpc) is 2.66. The van der Waals surface area contributed by atoms with Crippen molar-refractivity contribution in [2.24, 2.45) is 23.2 Å². The van der Waals surface area contributed by atoms with Crippen LogP contribution < -0.4 is 0 Å². The molecule has 3 saturated carbocycles. The van der Waals surface area contributed by atoms with E-state index < -0.39 is 0 Å². The fraction of sp³-hybridized carbons (Fsp3) is 1.00. The lowest BCUT2D eigenvalue weighted by Crippen LogP contribution is -2.57. The van der Waals surface area contributed by atoms with E-state index in [-0.39, 0.29) is 0 Å². The van der Waals surface area contributed by atoms with Crippen molar-refractivity contribution in [1.82, 2.24) is 4.90 Å². The van der Waals surface area contributed by atoms with Gasteiger partial charge in [-0.2, -0.15) is 0 Å². The monoisotopic (exact) mass is 149 g/mol. The molecule has 1 nitrogen and oxygen atoms in total. The van der Waals surface area contributed by atoms with Crippen LogP contribution in [0.3, 0.4) is 0 Å². The SMILES string of the molecule is CN1CC2C1C1CCC13CC23. The molecule has 11 heavy (non-hydrogen) atoms. The molecule has 1 heterocycles. The molecule has 4 rings (SSSR count). The molecule has 0 bridgehead atoms. The molecule has 5 unspecified atom stereocenters. The summed E-state index contributed by atoms with van der Waals surface area (Å²) in [6, 6.07) is 1.04. The van der Waals surface area contributed by atoms with E-state index >= 15 is 0 Å². The molecule has 3 aliphatic carbocycles. The predicted octanol–water partition coefficient (Wildman–Crippen LogP) is 1.35. The van der Waals surface area contributed by atoms with Crippen molar-refractivity contribution in [1.29, 1.82) is 0 Å². The molecule has 1 spiro atoms. The zero-order chi connectivity index (χ0) is 7.22. The maximum Gasteiger partial charge on any atom is 0.0169 e. The van der Waals surface area contributed by atoms with Crippen LogP contribution in [0.2, 0.25) is 0 Å². The Balaban J connectivity index is 1.77. The topological polar surface area (TPSA) is 3.24 Å². The van der Waals surface area contributed by atoms with Gasteiger partial charge in [0.25, 0.3) is 0 Å². The quantitative estimate of drug-likeness (QED) is 0.502. The van der Waals surface area contributed by atoms with Crippen LogP contribution >= 0.6 is 0 Å². The second-order valence-electron chi connectivity index (χ2n) is 5.28. The smallest absolute Gasteiger partial charge is 0.0169 e. The molecule has 4 fully saturated rings. The number of rotatable bonds is 0. The van der Waals surface area contributed by atoms with Gasteiger partial charge >= 0.3 is 0 Å². The number of nitrogens with zero attached hydrogens (tertiary/aromatic N) is 1. The number of hydrogen-bond donors (Lipinski definition) is 0. The van der Waals surface area contributed by atoms with Gasteiger partial charge in [-0.25, -0.2) is 0 Å². The minimum absolute atomic E-state index is 0.945. The first-order valence-corrected chi connectivity index (χ1v) is 5.03. The number of likely N-dealkylation sites (tertiary alicyclic amines) is 1. The van der Waals surface area contributed by atoms with Crippen LogP contribution in [0.5, 0.6) is 0 Å². The van der Waals surface area contributed by atoms with E-state index in [0.717, 1.165) is 23.3 Å². The van der Waals surface area contributed by atoms with E-state index in [1.807, 2.05) is 0 Å². The highest BCUT2D eigenvalue weighted by molar-refractivity contribution is 5.27. The largest absolute Gasteiger partial charge is 0.302 e. The maximum absolute atomic E-state index is 2.60. The zero-order valence-corrected chi connectivity index (χ0v) is 7.09. The summed E-state index contributed by atoms with van der Waals surface area (Å²) in [5.74, 6) is 3.49. The van der Waals surface area contributed by atoms with E-state index in [1.165, 1.54) is 12.5 Å². The molecule has 0 aromatic carbocycles. The third-order valence-electron chi connectivity index (χ3n) is 5.21. The average molecular weight is 149 g/mol. The van der Waals surface area contributed by atoms with Crippen LogP contribution in [0, 0.1) is 23.2 Å². The van der Waals surface area contributed by atoms with Gasteiger partial charge in [0, 0.05) is 12.6 Å². The number of fused-ring (bicyclic) bond motifs is 3. The van der Waals surface area contributed by atoms with Gasteiger partial charge in [0.05, 0.1) is 0 Å². The highest BCUT2D eigenvalue weighted by Gasteiger charge is 2.77. The van der Waals surface area contributed by atoms with Crippen LogP contribution in [0.15, 0.2) is 0 Å². The van der Waals surface area contributed by atoms with Crippen LogP contribution in [-0.4, -0.2) is 24.5 Å². The normalized spacial score (nSPS) is 70.6. The van der Waals surface area contributed by atoms with Gasteiger partial charge in [0.15, 0.2) is 0 Å². The Kier molecular flexibility index (Phi) is 0.651. The van der Waals surface area contributed by atoms with Crippen molar-refractivity contribution in [3.05, 3.63) is 0 Å². The number of hydrogen-bond acceptors (Lipinski definition) is 1. The minimum atomic E-state index is 0.945. The lowest BCUT2D eigenvalue weighted by Gasteiger charge is -2.50. The molecule has 0 amide bonds. The minimum Gasteiger partial charge on any atom is -0.302 e. The lowest BCUT2D eigenvalue weighted by molar-refractivity contribution is -0.0135. The van der Waals surface area contributed by atoms with Gasteiger partial charge in [-0.05, 0) is 49.5 Å². The Morgan fingerprint density at radius 1 is 1.36 bits per heavy atom. The molecular formula is C10H15N.